The Morgan fingerprint density at radius 2 is 1.09 bits per heavy atom. The molecule has 0 rings (SSSR count). The Labute approximate surface area is 252 Å². The molecule has 0 aliphatic carbocycles. The van der Waals surface area contributed by atoms with E-state index in [0.29, 0.717) is 41.7 Å². The van der Waals surface area contributed by atoms with Crippen LogP contribution in [0.3, 0.4) is 0 Å². The van der Waals surface area contributed by atoms with E-state index in [1.54, 1.807) is 70.6 Å². The van der Waals surface area contributed by atoms with E-state index in [4.69, 9.17) is 24.4 Å². The summed E-state index contributed by atoms with van der Waals surface area (Å²) in [5.41, 5.74) is 0. The molecular weight excluding hydrogens is 649 g/mol. The quantitative estimate of drug-likeness (QED) is 0.0365. The van der Waals surface area contributed by atoms with Gasteiger partial charge in [0.15, 0.2) is 0 Å². The van der Waals surface area contributed by atoms with Crippen LogP contribution in [0.1, 0.15) is 0 Å². The molecule has 0 aliphatic heterocycles. The molecule has 7 nitrogen and oxygen atoms in total. The summed E-state index contributed by atoms with van der Waals surface area (Å²) in [5.74, 6) is 3.09. The molecule has 0 spiro atoms. The molecule has 0 radical (unpaired) electrons. The summed E-state index contributed by atoms with van der Waals surface area (Å²) >= 11 is 16.7. The molecule has 0 aromatic carbocycles. The Hall–Kier alpha value is 2.32. The van der Waals surface area contributed by atoms with E-state index >= 15 is 0 Å². The summed E-state index contributed by atoms with van der Waals surface area (Å²) in [4.78, 5) is 33.3. The maximum Gasteiger partial charge on any atom is 0.316 e. The van der Waals surface area contributed by atoms with Gasteiger partial charge >= 0.3 is 11.9 Å². The van der Waals surface area contributed by atoms with E-state index in [9.17, 15) is 9.59 Å². The van der Waals surface area contributed by atoms with Crippen molar-refractivity contribution in [2.24, 2.45) is 0 Å². The van der Waals surface area contributed by atoms with Crippen LogP contribution in [-0.2, 0) is 28.8 Å². The molecule has 35 heavy (non-hydrogen) atoms. The van der Waals surface area contributed by atoms with Gasteiger partial charge in [-0.25, -0.2) is 9.78 Å². The first-order valence-corrected chi connectivity index (χ1v) is 21.8. The highest BCUT2D eigenvalue weighted by Gasteiger charge is 2.05. The Morgan fingerprint density at radius 1 is 0.600 bits per heavy atom. The standard InChI is InChI=1S/C18H34O7S10/c1-26-5-3-24-25-10-31-14-35-16-34-13-30-9-23-18(21)7-29-12-33-15-32-11-28-6-17(20)22-8-27-4-2-19/h19H,2-16H2,1H3. The molecule has 0 unspecified atom stereocenters. The fourth-order valence-corrected chi connectivity index (χ4v) is 10.6. The van der Waals surface area contributed by atoms with Gasteiger partial charge in [-0.1, -0.05) is 0 Å². The van der Waals surface area contributed by atoms with Gasteiger partial charge in [0.05, 0.1) is 24.7 Å². The molecule has 0 aliphatic rings. The molecule has 0 amide bonds. The molecule has 0 aromatic rings. The lowest BCUT2D eigenvalue weighted by Crippen LogP contribution is -2.07. The van der Waals surface area contributed by atoms with Gasteiger partial charge in [-0.05, 0) is 6.26 Å². The monoisotopic (exact) mass is 682 g/mol. The highest BCUT2D eigenvalue weighted by molar-refractivity contribution is 8.26. The van der Waals surface area contributed by atoms with Gasteiger partial charge in [-0.2, -0.15) is 11.8 Å². The smallest absolute Gasteiger partial charge is 0.316 e. The second-order valence-corrected chi connectivity index (χ2v) is 17.6. The summed E-state index contributed by atoms with van der Waals surface area (Å²) in [6.45, 7) is 0.717. The second-order valence-electron chi connectivity index (χ2n) is 5.58. The Kier molecular flexibility index (Phi) is 34.7. The minimum absolute atomic E-state index is 0.0930. The van der Waals surface area contributed by atoms with Crippen molar-refractivity contribution in [3.05, 3.63) is 0 Å². The predicted octanol–water partition coefficient (Wildman–Crippen LogP) is 5.59. The zero-order valence-corrected chi connectivity index (χ0v) is 27.8. The van der Waals surface area contributed by atoms with Gasteiger partial charge in [-0.3, -0.25) is 9.59 Å². The van der Waals surface area contributed by atoms with Gasteiger partial charge < -0.3 is 14.6 Å². The first-order chi connectivity index (χ1) is 17.2. The van der Waals surface area contributed by atoms with Crippen molar-refractivity contribution in [2.45, 2.75) is 0 Å². The number of aliphatic hydroxyl groups excluding tert-OH is 1. The maximum atomic E-state index is 11.7. The van der Waals surface area contributed by atoms with E-state index in [-0.39, 0.29) is 18.5 Å². The van der Waals surface area contributed by atoms with Crippen LogP contribution in [0.2, 0.25) is 0 Å². The minimum Gasteiger partial charge on any atom is -0.454 e. The lowest BCUT2D eigenvalue weighted by atomic mass is 10.8. The summed E-state index contributed by atoms with van der Waals surface area (Å²) in [6.07, 6.45) is 2.04. The number of ether oxygens (including phenoxy) is 2. The first kappa shape index (κ1) is 37.3. The number of hydrogen-bond acceptors (Lipinski definition) is 17. The van der Waals surface area contributed by atoms with Crippen molar-refractivity contribution in [1.29, 1.82) is 0 Å². The first-order valence-electron chi connectivity index (χ1n) is 10.1. The second kappa shape index (κ2) is 32.5. The van der Waals surface area contributed by atoms with Crippen LogP contribution in [0.5, 0.6) is 0 Å². The topological polar surface area (TPSA) is 91.3 Å². The van der Waals surface area contributed by atoms with Crippen LogP contribution in [0.4, 0.5) is 0 Å². The van der Waals surface area contributed by atoms with Crippen molar-refractivity contribution in [3.63, 3.8) is 0 Å². The number of carbonyl (C=O) groups is 2. The molecule has 0 aromatic heterocycles. The molecular formula is C18H34O7S10. The summed E-state index contributed by atoms with van der Waals surface area (Å²) in [6, 6.07) is 0. The fourth-order valence-electron chi connectivity index (χ4n) is 1.47. The molecule has 208 valence electrons. The largest absolute Gasteiger partial charge is 0.454 e. The molecule has 0 fully saturated rings. The molecule has 0 atom stereocenters. The third-order valence-electron chi connectivity index (χ3n) is 2.87. The van der Waals surface area contributed by atoms with Crippen LogP contribution in [0.25, 0.3) is 0 Å². The SMILES string of the molecule is CSCCOOCSCSCSCSCOC(=O)CSCSCSCSCC(=O)OCSCCO. The lowest BCUT2D eigenvalue weighted by Gasteiger charge is -2.06. The van der Waals surface area contributed by atoms with E-state index in [2.05, 4.69) is 0 Å². The van der Waals surface area contributed by atoms with Gasteiger partial charge in [-0.15, -0.1) is 106 Å². The van der Waals surface area contributed by atoms with Gasteiger partial charge in [0, 0.05) is 42.0 Å². The van der Waals surface area contributed by atoms with Crippen LogP contribution in [0.15, 0.2) is 0 Å². The van der Waals surface area contributed by atoms with Gasteiger partial charge in [0.2, 0.25) is 0 Å². The maximum absolute atomic E-state index is 11.7. The Bertz CT molecular complexity index is 483. The number of hydrogen-bond donors (Lipinski definition) is 1. The molecule has 0 saturated carbocycles. The number of carbonyl (C=O) groups excluding carboxylic acids is 2. The van der Waals surface area contributed by atoms with Gasteiger partial charge in [0.1, 0.15) is 17.8 Å². The van der Waals surface area contributed by atoms with E-state index in [1.165, 1.54) is 23.5 Å². The molecule has 0 heterocycles. The average molecular weight is 683 g/mol. The number of aliphatic hydroxyl groups is 1. The third-order valence-corrected chi connectivity index (χ3v) is 13.6. The molecule has 1 N–H and O–H groups in total. The average Bonchev–Trinajstić information content (AvgIpc) is 2.85. The van der Waals surface area contributed by atoms with Crippen molar-refractivity contribution in [1.82, 2.24) is 0 Å². The summed E-state index contributed by atoms with van der Waals surface area (Å²) < 4.78 is 10.3. The van der Waals surface area contributed by atoms with E-state index in [1.807, 2.05) is 29.8 Å². The Balaban J connectivity index is 3.22. The fraction of sp³-hybridized carbons (Fsp3) is 0.889. The number of thioether (sulfide) groups is 10. The van der Waals surface area contributed by atoms with Crippen LogP contribution >= 0.6 is 118 Å². The Morgan fingerprint density at radius 3 is 1.63 bits per heavy atom. The number of esters is 2. The number of rotatable bonds is 28. The molecule has 17 heteroatoms. The van der Waals surface area contributed by atoms with Crippen LogP contribution < -0.4 is 0 Å². The summed E-state index contributed by atoms with van der Waals surface area (Å²) in [7, 11) is 0. The van der Waals surface area contributed by atoms with E-state index < -0.39 is 0 Å². The highest BCUT2D eigenvalue weighted by atomic mass is 32.3. The lowest BCUT2D eigenvalue weighted by molar-refractivity contribution is -0.274. The minimum atomic E-state index is -0.220. The zero-order chi connectivity index (χ0) is 25.7. The predicted molar refractivity (Wildman–Crippen MR) is 171 cm³/mol. The van der Waals surface area contributed by atoms with Crippen molar-refractivity contribution < 1.29 is 33.9 Å². The third kappa shape index (κ3) is 32.4. The molecule has 0 bridgehead atoms. The van der Waals surface area contributed by atoms with Crippen LogP contribution in [0, 0.1) is 0 Å². The van der Waals surface area contributed by atoms with Crippen molar-refractivity contribution >= 4 is 130 Å². The normalized spacial score (nSPS) is 11.0. The highest BCUT2D eigenvalue weighted by Crippen LogP contribution is 2.22. The molecule has 0 saturated heterocycles. The van der Waals surface area contributed by atoms with Crippen molar-refractivity contribution in [3.8, 4) is 0 Å². The zero-order valence-electron chi connectivity index (χ0n) is 19.6. The van der Waals surface area contributed by atoms with Crippen LogP contribution in [-0.4, -0.2) is 108 Å². The van der Waals surface area contributed by atoms with Crippen molar-refractivity contribution in [2.75, 3.05) is 90.8 Å². The van der Waals surface area contributed by atoms with E-state index in [0.717, 1.165) is 36.3 Å². The van der Waals surface area contributed by atoms with Gasteiger partial charge in [0.25, 0.3) is 0 Å². The summed E-state index contributed by atoms with van der Waals surface area (Å²) in [5, 5.41) is 14.1.